The van der Waals surface area contributed by atoms with E-state index in [1.54, 1.807) is 7.11 Å². The van der Waals surface area contributed by atoms with Crippen LogP contribution in [0.2, 0.25) is 0 Å². The third kappa shape index (κ3) is 3.06. The lowest BCUT2D eigenvalue weighted by molar-refractivity contribution is -0.0256. The third-order valence-electron chi connectivity index (χ3n) is 5.23. The van der Waals surface area contributed by atoms with Crippen molar-refractivity contribution in [2.24, 2.45) is 0 Å². The Kier molecular flexibility index (Phi) is 4.65. The Labute approximate surface area is 143 Å². The number of aryl methyl sites for hydroxylation is 2. The molecule has 2 aromatic rings. The van der Waals surface area contributed by atoms with Crippen LogP contribution >= 0.6 is 0 Å². The second-order valence-corrected chi connectivity index (χ2v) is 6.81. The molecular formula is C19H26N2O3. The lowest BCUT2D eigenvalue weighted by Crippen LogP contribution is -2.45. The molecule has 0 saturated carbocycles. The van der Waals surface area contributed by atoms with Gasteiger partial charge in [-0.2, -0.15) is 0 Å². The number of hydrogen-bond acceptors (Lipinski definition) is 5. The summed E-state index contributed by atoms with van der Waals surface area (Å²) in [6.45, 7) is 7.56. The van der Waals surface area contributed by atoms with Crippen LogP contribution in [-0.2, 0) is 12.1 Å². The number of benzene rings is 1. The summed E-state index contributed by atoms with van der Waals surface area (Å²) in [6.07, 6.45) is 2.06. The molecule has 5 heteroatoms. The normalized spacial score (nSPS) is 21.0. The lowest BCUT2D eigenvalue weighted by Gasteiger charge is -2.37. The van der Waals surface area contributed by atoms with Crippen molar-refractivity contribution >= 4 is 0 Å². The number of hydrogen-bond donors (Lipinski definition) is 1. The van der Waals surface area contributed by atoms with E-state index in [0.717, 1.165) is 54.3 Å². The fourth-order valence-electron chi connectivity index (χ4n) is 3.70. The molecule has 2 atom stereocenters. The molecule has 0 bridgehead atoms. The van der Waals surface area contributed by atoms with E-state index in [0.29, 0.717) is 0 Å². The van der Waals surface area contributed by atoms with Gasteiger partial charge >= 0.3 is 0 Å². The van der Waals surface area contributed by atoms with Gasteiger partial charge in [-0.05, 0) is 57.9 Å². The summed E-state index contributed by atoms with van der Waals surface area (Å²) in [5.41, 5.74) is 2.07. The maximum absolute atomic E-state index is 11.3. The molecule has 2 heterocycles. The Balaban J connectivity index is 1.83. The van der Waals surface area contributed by atoms with E-state index in [9.17, 15) is 5.11 Å². The highest BCUT2D eigenvalue weighted by Crippen LogP contribution is 2.36. The second-order valence-electron chi connectivity index (χ2n) is 6.81. The number of aliphatic hydroxyl groups is 1. The molecule has 0 unspecified atom stereocenters. The minimum Gasteiger partial charge on any atom is -0.497 e. The highest BCUT2D eigenvalue weighted by atomic mass is 16.5. The van der Waals surface area contributed by atoms with Crippen molar-refractivity contribution in [2.75, 3.05) is 13.7 Å². The lowest BCUT2D eigenvalue weighted by atomic mass is 9.86. The highest BCUT2D eigenvalue weighted by molar-refractivity contribution is 5.32. The van der Waals surface area contributed by atoms with E-state index in [1.807, 2.05) is 45.0 Å². The standard InChI is InChI=1S/C19H26N2O3/c1-13-17(14(2)24-20-13)12-21-11-5-6-18(21)19(3,22)15-7-9-16(23-4)10-8-15/h7-10,18,22H,5-6,11-12H2,1-4H3/t18-,19+/m1/s1. The predicted molar refractivity (Wildman–Crippen MR) is 92.0 cm³/mol. The number of nitrogens with zero attached hydrogens (tertiary/aromatic N) is 2. The molecule has 1 aliphatic rings. The zero-order valence-electron chi connectivity index (χ0n) is 14.9. The first-order chi connectivity index (χ1) is 11.4. The summed E-state index contributed by atoms with van der Waals surface area (Å²) in [7, 11) is 1.65. The quantitative estimate of drug-likeness (QED) is 0.912. The summed E-state index contributed by atoms with van der Waals surface area (Å²) < 4.78 is 10.5. The van der Waals surface area contributed by atoms with E-state index in [-0.39, 0.29) is 6.04 Å². The van der Waals surface area contributed by atoms with Crippen molar-refractivity contribution < 1.29 is 14.4 Å². The largest absolute Gasteiger partial charge is 0.497 e. The van der Waals surface area contributed by atoms with Crippen LogP contribution in [0, 0.1) is 13.8 Å². The molecule has 1 aromatic heterocycles. The third-order valence-corrected chi connectivity index (χ3v) is 5.23. The Morgan fingerprint density at radius 2 is 2.04 bits per heavy atom. The summed E-state index contributed by atoms with van der Waals surface area (Å²) >= 11 is 0. The molecule has 1 aliphatic heterocycles. The molecule has 0 radical (unpaired) electrons. The van der Waals surface area contributed by atoms with Gasteiger partial charge in [-0.1, -0.05) is 17.3 Å². The van der Waals surface area contributed by atoms with E-state index in [4.69, 9.17) is 9.26 Å². The van der Waals surface area contributed by atoms with Crippen LogP contribution in [0.15, 0.2) is 28.8 Å². The molecule has 0 amide bonds. The number of likely N-dealkylation sites (tertiary alicyclic amines) is 1. The molecule has 1 N–H and O–H groups in total. The molecule has 1 saturated heterocycles. The Hall–Kier alpha value is -1.85. The van der Waals surface area contributed by atoms with Gasteiger partial charge in [-0.15, -0.1) is 0 Å². The van der Waals surface area contributed by atoms with Gasteiger partial charge in [0.05, 0.1) is 12.8 Å². The summed E-state index contributed by atoms with van der Waals surface area (Å²) in [5, 5.41) is 15.3. The Morgan fingerprint density at radius 1 is 1.33 bits per heavy atom. The first-order valence-electron chi connectivity index (χ1n) is 8.46. The zero-order valence-corrected chi connectivity index (χ0v) is 14.9. The number of rotatable bonds is 5. The fourth-order valence-corrected chi connectivity index (χ4v) is 3.70. The predicted octanol–water partition coefficient (Wildman–Crippen LogP) is 3.17. The van der Waals surface area contributed by atoms with Crippen LogP contribution < -0.4 is 4.74 Å². The van der Waals surface area contributed by atoms with Gasteiger partial charge in [-0.3, -0.25) is 4.90 Å². The SMILES string of the molecule is COc1ccc([C@](C)(O)[C@H]2CCCN2Cc2c(C)noc2C)cc1. The van der Waals surface area contributed by atoms with Gasteiger partial charge < -0.3 is 14.4 Å². The second kappa shape index (κ2) is 6.57. The smallest absolute Gasteiger partial charge is 0.138 e. The maximum atomic E-state index is 11.3. The van der Waals surface area contributed by atoms with Crippen molar-refractivity contribution in [1.82, 2.24) is 10.1 Å². The van der Waals surface area contributed by atoms with Gasteiger partial charge in [-0.25, -0.2) is 0 Å². The van der Waals surface area contributed by atoms with Crippen molar-refractivity contribution in [1.29, 1.82) is 0 Å². The summed E-state index contributed by atoms with van der Waals surface area (Å²) in [6, 6.07) is 7.77. The maximum Gasteiger partial charge on any atom is 0.138 e. The molecule has 1 fully saturated rings. The molecule has 0 aliphatic carbocycles. The summed E-state index contributed by atoms with van der Waals surface area (Å²) in [5.74, 6) is 1.66. The topological polar surface area (TPSA) is 58.7 Å². The van der Waals surface area contributed by atoms with Crippen LogP contribution in [-0.4, -0.2) is 34.9 Å². The Morgan fingerprint density at radius 3 is 2.62 bits per heavy atom. The first-order valence-corrected chi connectivity index (χ1v) is 8.46. The monoisotopic (exact) mass is 330 g/mol. The van der Waals surface area contributed by atoms with Gasteiger partial charge in [0.25, 0.3) is 0 Å². The number of ether oxygens (including phenoxy) is 1. The molecule has 3 rings (SSSR count). The molecule has 1 aromatic carbocycles. The molecule has 130 valence electrons. The number of aromatic nitrogens is 1. The van der Waals surface area contributed by atoms with Crippen LogP contribution in [0.3, 0.4) is 0 Å². The van der Waals surface area contributed by atoms with E-state index in [2.05, 4.69) is 10.1 Å². The minimum atomic E-state index is -0.915. The first kappa shape index (κ1) is 17.0. The van der Waals surface area contributed by atoms with E-state index < -0.39 is 5.60 Å². The van der Waals surface area contributed by atoms with Crippen LogP contribution in [0.5, 0.6) is 5.75 Å². The van der Waals surface area contributed by atoms with Crippen molar-refractivity contribution in [3.8, 4) is 5.75 Å². The van der Waals surface area contributed by atoms with Gasteiger partial charge in [0.2, 0.25) is 0 Å². The molecule has 5 nitrogen and oxygen atoms in total. The average molecular weight is 330 g/mol. The van der Waals surface area contributed by atoms with Crippen LogP contribution in [0.1, 0.15) is 42.3 Å². The van der Waals surface area contributed by atoms with Gasteiger partial charge in [0.15, 0.2) is 0 Å². The number of methoxy groups -OCH3 is 1. The highest BCUT2D eigenvalue weighted by Gasteiger charge is 2.40. The van der Waals surface area contributed by atoms with Gasteiger partial charge in [0, 0.05) is 18.2 Å². The van der Waals surface area contributed by atoms with Crippen LogP contribution in [0.25, 0.3) is 0 Å². The van der Waals surface area contributed by atoms with E-state index >= 15 is 0 Å². The molecular weight excluding hydrogens is 304 g/mol. The fraction of sp³-hybridized carbons (Fsp3) is 0.526. The van der Waals surface area contributed by atoms with Gasteiger partial charge in [0.1, 0.15) is 17.1 Å². The van der Waals surface area contributed by atoms with Crippen molar-refractivity contribution in [3.05, 3.63) is 46.8 Å². The van der Waals surface area contributed by atoms with Crippen LogP contribution in [0.4, 0.5) is 0 Å². The Bertz CT molecular complexity index is 672. The van der Waals surface area contributed by atoms with E-state index in [1.165, 1.54) is 0 Å². The average Bonchev–Trinajstić information content (AvgIpc) is 3.17. The minimum absolute atomic E-state index is 0.0691. The molecule has 0 spiro atoms. The molecule has 24 heavy (non-hydrogen) atoms. The van der Waals surface area contributed by atoms with Crippen molar-refractivity contribution in [2.45, 2.75) is 51.8 Å². The van der Waals surface area contributed by atoms with Crippen molar-refractivity contribution in [3.63, 3.8) is 0 Å². The summed E-state index contributed by atoms with van der Waals surface area (Å²) in [4.78, 5) is 2.34. The zero-order chi connectivity index (χ0) is 17.3.